The maximum atomic E-state index is 12.8. The van der Waals surface area contributed by atoms with Crippen LogP contribution in [0.1, 0.15) is 5.56 Å². The van der Waals surface area contributed by atoms with Gasteiger partial charge in [-0.25, -0.2) is 4.39 Å². The van der Waals surface area contributed by atoms with Crippen molar-refractivity contribution < 1.29 is 4.39 Å². The van der Waals surface area contributed by atoms with Gasteiger partial charge >= 0.3 is 0 Å². The van der Waals surface area contributed by atoms with Crippen molar-refractivity contribution in [1.82, 2.24) is 9.78 Å². The average molecular weight is 234 g/mol. The highest BCUT2D eigenvalue weighted by Crippen LogP contribution is 2.20. The summed E-state index contributed by atoms with van der Waals surface area (Å²) in [7, 11) is 3.73. The van der Waals surface area contributed by atoms with Crippen molar-refractivity contribution in [2.45, 2.75) is 6.54 Å². The monoisotopic (exact) mass is 234 g/mol. The van der Waals surface area contributed by atoms with E-state index < -0.39 is 0 Å². The van der Waals surface area contributed by atoms with Crippen LogP contribution < -0.4 is 10.6 Å². The highest BCUT2D eigenvalue weighted by Gasteiger charge is 2.09. The van der Waals surface area contributed by atoms with Gasteiger partial charge in [0.05, 0.1) is 5.69 Å². The summed E-state index contributed by atoms with van der Waals surface area (Å²) < 4.78 is 14.4. The molecular weight excluding hydrogens is 219 g/mol. The van der Waals surface area contributed by atoms with E-state index in [1.807, 2.05) is 19.0 Å². The second kappa shape index (κ2) is 4.45. The van der Waals surface area contributed by atoms with Gasteiger partial charge in [0.25, 0.3) is 0 Å². The Kier molecular flexibility index (Phi) is 2.99. The summed E-state index contributed by atoms with van der Waals surface area (Å²) in [5.41, 5.74) is 7.48. The summed E-state index contributed by atoms with van der Waals surface area (Å²) in [4.78, 5) is 1.93. The molecule has 2 aromatic rings. The van der Waals surface area contributed by atoms with Crippen LogP contribution in [0.5, 0.6) is 0 Å². The van der Waals surface area contributed by atoms with Crippen molar-refractivity contribution >= 4 is 11.5 Å². The van der Waals surface area contributed by atoms with E-state index in [4.69, 9.17) is 5.73 Å². The molecule has 0 radical (unpaired) electrons. The third-order valence-electron chi connectivity index (χ3n) is 2.53. The molecular formula is C12H15FN4. The molecule has 0 bridgehead atoms. The van der Waals surface area contributed by atoms with Crippen LogP contribution in [0.4, 0.5) is 15.9 Å². The topological polar surface area (TPSA) is 47.1 Å². The van der Waals surface area contributed by atoms with Crippen LogP contribution in [0.15, 0.2) is 30.5 Å². The maximum Gasteiger partial charge on any atom is 0.173 e. The number of benzene rings is 1. The van der Waals surface area contributed by atoms with Crippen molar-refractivity contribution in [2.75, 3.05) is 17.7 Å². The number of nitrogens with zero attached hydrogens (tertiary/aromatic N) is 3. The summed E-state index contributed by atoms with van der Waals surface area (Å²) in [6, 6.07) is 6.41. The molecule has 0 aliphatic carbocycles. The zero-order valence-electron chi connectivity index (χ0n) is 9.89. The minimum Gasteiger partial charge on any atom is -0.394 e. The van der Waals surface area contributed by atoms with E-state index in [-0.39, 0.29) is 5.82 Å². The third-order valence-corrected chi connectivity index (χ3v) is 2.53. The fourth-order valence-electron chi connectivity index (χ4n) is 1.73. The van der Waals surface area contributed by atoms with Gasteiger partial charge in [0.15, 0.2) is 5.82 Å². The standard InChI is InChI=1S/C12H15FN4/c1-16(12-11(14)8-17(2)15-12)7-9-3-5-10(13)6-4-9/h3-6,8H,7,14H2,1-2H3. The normalized spacial score (nSPS) is 10.5. The molecule has 90 valence electrons. The van der Waals surface area contributed by atoms with Crippen molar-refractivity contribution in [2.24, 2.45) is 7.05 Å². The van der Waals surface area contributed by atoms with Crippen molar-refractivity contribution in [1.29, 1.82) is 0 Å². The number of nitrogens with two attached hydrogens (primary N) is 1. The summed E-state index contributed by atoms with van der Waals surface area (Å²) in [6.45, 7) is 0.640. The predicted molar refractivity (Wildman–Crippen MR) is 66.1 cm³/mol. The Morgan fingerprint density at radius 2 is 2.00 bits per heavy atom. The quantitative estimate of drug-likeness (QED) is 0.880. The number of nitrogen functional groups attached to an aromatic ring is 1. The van der Waals surface area contributed by atoms with Crippen LogP contribution in [0.2, 0.25) is 0 Å². The lowest BCUT2D eigenvalue weighted by atomic mass is 10.2. The number of aromatic nitrogens is 2. The lowest BCUT2D eigenvalue weighted by molar-refractivity contribution is 0.627. The van der Waals surface area contributed by atoms with E-state index in [0.29, 0.717) is 12.2 Å². The van der Waals surface area contributed by atoms with Gasteiger partial charge in [-0.1, -0.05) is 12.1 Å². The molecule has 1 aromatic carbocycles. The van der Waals surface area contributed by atoms with Crippen molar-refractivity contribution in [3.05, 3.63) is 41.8 Å². The molecule has 17 heavy (non-hydrogen) atoms. The molecule has 1 aromatic heterocycles. The molecule has 0 saturated heterocycles. The fraction of sp³-hybridized carbons (Fsp3) is 0.250. The molecule has 4 nitrogen and oxygen atoms in total. The lowest BCUT2D eigenvalue weighted by Gasteiger charge is -2.17. The SMILES string of the molecule is CN(Cc1ccc(F)cc1)c1nn(C)cc1N. The van der Waals surface area contributed by atoms with Crippen LogP contribution in [0.25, 0.3) is 0 Å². The van der Waals surface area contributed by atoms with E-state index in [1.54, 1.807) is 23.0 Å². The molecule has 0 atom stereocenters. The number of anilines is 2. The van der Waals surface area contributed by atoms with Gasteiger partial charge in [0.1, 0.15) is 5.82 Å². The third kappa shape index (κ3) is 2.55. The van der Waals surface area contributed by atoms with Gasteiger partial charge in [0, 0.05) is 26.8 Å². The lowest BCUT2D eigenvalue weighted by Crippen LogP contribution is -2.18. The first kappa shape index (κ1) is 11.4. The fourth-order valence-corrected chi connectivity index (χ4v) is 1.73. The van der Waals surface area contributed by atoms with Crippen molar-refractivity contribution in [3.8, 4) is 0 Å². The molecule has 0 amide bonds. The number of hydrogen-bond acceptors (Lipinski definition) is 3. The zero-order valence-corrected chi connectivity index (χ0v) is 9.89. The molecule has 0 aliphatic heterocycles. The molecule has 0 unspecified atom stereocenters. The van der Waals surface area contributed by atoms with E-state index in [0.717, 1.165) is 11.4 Å². The van der Waals surface area contributed by atoms with E-state index in [2.05, 4.69) is 5.10 Å². The van der Waals surface area contributed by atoms with Crippen molar-refractivity contribution in [3.63, 3.8) is 0 Å². The zero-order chi connectivity index (χ0) is 12.4. The van der Waals surface area contributed by atoms with Gasteiger partial charge < -0.3 is 10.6 Å². The molecule has 2 rings (SSSR count). The minimum absolute atomic E-state index is 0.228. The minimum atomic E-state index is -0.228. The van der Waals surface area contributed by atoms with E-state index in [9.17, 15) is 4.39 Å². The molecule has 1 heterocycles. The molecule has 0 saturated carbocycles. The van der Waals surface area contributed by atoms with Crippen LogP contribution in [0.3, 0.4) is 0 Å². The Balaban J connectivity index is 2.14. The predicted octanol–water partition coefficient (Wildman–Crippen LogP) is 1.78. The highest BCUT2D eigenvalue weighted by atomic mass is 19.1. The van der Waals surface area contributed by atoms with E-state index >= 15 is 0 Å². The van der Waals surface area contributed by atoms with Gasteiger partial charge in [-0.3, -0.25) is 4.68 Å². The van der Waals surface area contributed by atoms with Crippen LogP contribution in [-0.2, 0) is 13.6 Å². The Labute approximate surface area is 99.5 Å². The number of halogens is 1. The van der Waals surface area contributed by atoms with Gasteiger partial charge in [-0.05, 0) is 17.7 Å². The molecule has 0 fully saturated rings. The molecule has 0 aliphatic rings. The summed E-state index contributed by atoms with van der Waals surface area (Å²) in [6.07, 6.45) is 1.76. The average Bonchev–Trinajstić information content (AvgIpc) is 2.61. The number of hydrogen-bond donors (Lipinski definition) is 1. The Bertz CT molecular complexity index is 504. The van der Waals surface area contributed by atoms with Crippen LogP contribution >= 0.6 is 0 Å². The molecule has 2 N–H and O–H groups in total. The number of aryl methyl sites for hydroxylation is 1. The largest absolute Gasteiger partial charge is 0.394 e. The second-order valence-electron chi connectivity index (χ2n) is 4.06. The van der Waals surface area contributed by atoms with Gasteiger partial charge in [-0.15, -0.1) is 0 Å². The van der Waals surface area contributed by atoms with Gasteiger partial charge in [-0.2, -0.15) is 5.10 Å². The first-order valence-electron chi connectivity index (χ1n) is 5.31. The Hall–Kier alpha value is -2.04. The summed E-state index contributed by atoms with van der Waals surface area (Å²) >= 11 is 0. The Morgan fingerprint density at radius 1 is 1.35 bits per heavy atom. The first-order valence-corrected chi connectivity index (χ1v) is 5.31. The summed E-state index contributed by atoms with van der Waals surface area (Å²) in [5.74, 6) is 0.505. The number of rotatable bonds is 3. The molecule has 5 heteroatoms. The smallest absolute Gasteiger partial charge is 0.173 e. The summed E-state index contributed by atoms with van der Waals surface area (Å²) in [5, 5.41) is 4.27. The second-order valence-corrected chi connectivity index (χ2v) is 4.06. The van der Waals surface area contributed by atoms with Crippen LogP contribution in [-0.4, -0.2) is 16.8 Å². The Morgan fingerprint density at radius 3 is 2.53 bits per heavy atom. The van der Waals surface area contributed by atoms with Crippen LogP contribution in [0, 0.1) is 5.82 Å². The van der Waals surface area contributed by atoms with E-state index in [1.165, 1.54) is 12.1 Å². The maximum absolute atomic E-state index is 12.8. The van der Waals surface area contributed by atoms with Gasteiger partial charge in [0.2, 0.25) is 0 Å². The molecule has 0 spiro atoms. The highest BCUT2D eigenvalue weighted by molar-refractivity contribution is 5.61. The first-order chi connectivity index (χ1) is 8.06.